The maximum absolute atomic E-state index is 10.5. The van der Waals surface area contributed by atoms with Crippen LogP contribution < -0.4 is 9.47 Å². The third-order valence-corrected chi connectivity index (χ3v) is 5.15. The van der Waals surface area contributed by atoms with E-state index in [1.54, 1.807) is 6.07 Å². The summed E-state index contributed by atoms with van der Waals surface area (Å²) in [6.07, 6.45) is 0.0648. The molecule has 1 aliphatic heterocycles. The van der Waals surface area contributed by atoms with Gasteiger partial charge in [-0.25, -0.2) is 0 Å². The highest BCUT2D eigenvalue weighted by Crippen LogP contribution is 2.41. The first-order valence-corrected chi connectivity index (χ1v) is 8.22. The molecule has 1 atom stereocenters. The lowest BCUT2D eigenvalue weighted by atomic mass is 10.1. The number of hydrogen-bond donors (Lipinski definition) is 1. The quantitative estimate of drug-likeness (QED) is 0.845. The lowest BCUT2D eigenvalue weighted by Gasteiger charge is -2.15. The van der Waals surface area contributed by atoms with Gasteiger partial charge in [0.05, 0.1) is 23.1 Å². The molecule has 1 unspecified atom stereocenters. The lowest BCUT2D eigenvalue weighted by Crippen LogP contribution is -2.01. The van der Waals surface area contributed by atoms with E-state index in [1.165, 1.54) is 11.3 Å². The van der Waals surface area contributed by atoms with Crippen LogP contribution in [0, 0.1) is 0 Å². The second-order valence-electron chi connectivity index (χ2n) is 4.41. The number of hydrogen-bond acceptors (Lipinski definition) is 4. The van der Waals surface area contributed by atoms with Crippen molar-refractivity contribution in [2.45, 2.75) is 12.5 Å². The number of ether oxygens (including phenoxy) is 2. The van der Waals surface area contributed by atoms with Crippen LogP contribution in [-0.4, -0.2) is 18.3 Å². The first kappa shape index (κ1) is 14.2. The van der Waals surface area contributed by atoms with Crippen LogP contribution in [0.5, 0.6) is 11.5 Å². The van der Waals surface area contributed by atoms with Gasteiger partial charge in [0.15, 0.2) is 11.5 Å². The van der Waals surface area contributed by atoms with Crippen LogP contribution in [-0.2, 0) is 0 Å². The molecule has 0 fully saturated rings. The van der Waals surface area contributed by atoms with Crippen molar-refractivity contribution in [3.8, 4) is 11.5 Å². The largest absolute Gasteiger partial charge is 0.490 e. The van der Waals surface area contributed by atoms with E-state index < -0.39 is 6.10 Å². The summed E-state index contributed by atoms with van der Waals surface area (Å²) >= 11 is 11.0. The highest BCUT2D eigenvalue weighted by atomic mass is 79.9. The Morgan fingerprint density at radius 3 is 2.60 bits per heavy atom. The summed E-state index contributed by atoms with van der Waals surface area (Å²) in [6, 6.07) is 5.42. The number of thiophene rings is 1. The molecule has 20 heavy (non-hydrogen) atoms. The highest BCUT2D eigenvalue weighted by molar-refractivity contribution is 9.10. The van der Waals surface area contributed by atoms with Crippen molar-refractivity contribution in [3.05, 3.63) is 43.5 Å². The SMILES string of the molecule is OC(c1cc2c(cc1Br)OCCCO2)c1sccc1Cl. The van der Waals surface area contributed by atoms with Crippen LogP contribution in [0.1, 0.15) is 23.0 Å². The molecule has 2 aromatic rings. The number of aliphatic hydroxyl groups excluding tert-OH is 1. The van der Waals surface area contributed by atoms with Gasteiger partial charge in [-0.15, -0.1) is 11.3 Å². The fraction of sp³-hybridized carbons (Fsp3) is 0.286. The van der Waals surface area contributed by atoms with Crippen LogP contribution in [0.25, 0.3) is 0 Å². The summed E-state index contributed by atoms with van der Waals surface area (Å²) in [5, 5.41) is 12.9. The first-order valence-electron chi connectivity index (χ1n) is 6.17. The molecule has 0 spiro atoms. The maximum atomic E-state index is 10.5. The summed E-state index contributed by atoms with van der Waals surface area (Å²) in [4.78, 5) is 0.724. The molecule has 0 bridgehead atoms. The predicted octanol–water partition coefficient (Wildman–Crippen LogP) is 4.41. The average Bonchev–Trinajstić information content (AvgIpc) is 2.72. The van der Waals surface area contributed by atoms with Crippen LogP contribution in [0.4, 0.5) is 0 Å². The van der Waals surface area contributed by atoms with Gasteiger partial charge >= 0.3 is 0 Å². The Morgan fingerprint density at radius 1 is 1.25 bits per heavy atom. The van der Waals surface area contributed by atoms with Crippen LogP contribution in [0.2, 0.25) is 5.02 Å². The van der Waals surface area contributed by atoms with Gasteiger partial charge < -0.3 is 14.6 Å². The number of halogens is 2. The van der Waals surface area contributed by atoms with Gasteiger partial charge in [-0.05, 0) is 23.6 Å². The van der Waals surface area contributed by atoms with E-state index in [1.807, 2.05) is 17.5 Å². The monoisotopic (exact) mass is 374 g/mol. The van der Waals surface area contributed by atoms with Gasteiger partial charge in [0.25, 0.3) is 0 Å². The molecular weight excluding hydrogens is 364 g/mol. The molecule has 0 amide bonds. The molecule has 1 aromatic carbocycles. The molecule has 3 rings (SSSR count). The summed E-state index contributed by atoms with van der Waals surface area (Å²) in [5.74, 6) is 1.36. The third-order valence-electron chi connectivity index (χ3n) is 3.05. The second-order valence-corrected chi connectivity index (χ2v) is 6.62. The summed E-state index contributed by atoms with van der Waals surface area (Å²) < 4.78 is 12.1. The van der Waals surface area contributed by atoms with Crippen molar-refractivity contribution in [2.75, 3.05) is 13.2 Å². The maximum Gasteiger partial charge on any atom is 0.162 e. The van der Waals surface area contributed by atoms with E-state index in [2.05, 4.69) is 15.9 Å². The van der Waals surface area contributed by atoms with Gasteiger partial charge in [-0.2, -0.15) is 0 Å². The molecule has 3 nitrogen and oxygen atoms in total. The van der Waals surface area contributed by atoms with E-state index in [0.717, 1.165) is 21.3 Å². The minimum atomic E-state index is -0.783. The summed E-state index contributed by atoms with van der Waals surface area (Å²) in [7, 11) is 0. The Labute approximate surface area is 134 Å². The van der Waals surface area contributed by atoms with Crippen molar-refractivity contribution in [1.82, 2.24) is 0 Å². The molecule has 2 heterocycles. The van der Waals surface area contributed by atoms with Crippen molar-refractivity contribution in [1.29, 1.82) is 0 Å². The van der Waals surface area contributed by atoms with Gasteiger partial charge in [-0.3, -0.25) is 0 Å². The van der Waals surface area contributed by atoms with Crippen LogP contribution >= 0.6 is 38.9 Å². The first-order chi connectivity index (χ1) is 9.66. The average molecular weight is 376 g/mol. The predicted molar refractivity (Wildman–Crippen MR) is 83.1 cm³/mol. The molecule has 0 saturated heterocycles. The highest BCUT2D eigenvalue weighted by Gasteiger charge is 2.22. The number of rotatable bonds is 2. The van der Waals surface area contributed by atoms with Gasteiger partial charge in [0, 0.05) is 16.5 Å². The zero-order valence-corrected chi connectivity index (χ0v) is 13.6. The van der Waals surface area contributed by atoms with E-state index >= 15 is 0 Å². The Balaban J connectivity index is 2.01. The molecule has 1 aliphatic rings. The van der Waals surface area contributed by atoms with Crippen LogP contribution in [0.3, 0.4) is 0 Å². The molecule has 0 radical (unpaired) electrons. The second kappa shape index (κ2) is 5.93. The van der Waals surface area contributed by atoms with Crippen molar-refractivity contribution < 1.29 is 14.6 Å². The molecule has 1 aromatic heterocycles. The molecule has 6 heteroatoms. The number of aliphatic hydroxyl groups is 1. The van der Waals surface area contributed by atoms with E-state index in [4.69, 9.17) is 21.1 Å². The van der Waals surface area contributed by atoms with Gasteiger partial charge in [0.1, 0.15) is 6.10 Å². The van der Waals surface area contributed by atoms with E-state index in [-0.39, 0.29) is 0 Å². The van der Waals surface area contributed by atoms with Crippen molar-refractivity contribution in [3.63, 3.8) is 0 Å². The fourth-order valence-corrected chi connectivity index (χ4v) is 3.75. The normalized spacial score (nSPS) is 15.8. The smallest absolute Gasteiger partial charge is 0.162 e. The summed E-state index contributed by atoms with van der Waals surface area (Å²) in [5.41, 5.74) is 0.721. The molecule has 1 N–H and O–H groups in total. The van der Waals surface area contributed by atoms with Crippen molar-refractivity contribution in [2.24, 2.45) is 0 Å². The lowest BCUT2D eigenvalue weighted by molar-refractivity contribution is 0.222. The fourth-order valence-electron chi connectivity index (χ4n) is 2.05. The molecule has 0 aliphatic carbocycles. The Hall–Kier alpha value is -0.750. The minimum absolute atomic E-state index is 0.571. The standard InChI is InChI=1S/C14H12BrClO3S/c15-9-7-12-11(18-3-1-4-19-12)6-8(9)13(17)14-10(16)2-5-20-14/h2,5-7,13,17H,1,3-4H2. The van der Waals surface area contributed by atoms with E-state index in [0.29, 0.717) is 29.7 Å². The molecule has 106 valence electrons. The van der Waals surface area contributed by atoms with Crippen LogP contribution in [0.15, 0.2) is 28.1 Å². The molecular formula is C14H12BrClO3S. The number of benzene rings is 1. The zero-order chi connectivity index (χ0) is 14.1. The zero-order valence-electron chi connectivity index (χ0n) is 10.4. The summed E-state index contributed by atoms with van der Waals surface area (Å²) in [6.45, 7) is 1.25. The Kier molecular flexibility index (Phi) is 4.21. The Bertz CT molecular complexity index is 629. The number of fused-ring (bicyclic) bond motifs is 1. The van der Waals surface area contributed by atoms with Gasteiger partial charge in [-0.1, -0.05) is 27.5 Å². The Morgan fingerprint density at radius 2 is 1.95 bits per heavy atom. The van der Waals surface area contributed by atoms with Gasteiger partial charge in [0.2, 0.25) is 0 Å². The third kappa shape index (κ3) is 2.68. The minimum Gasteiger partial charge on any atom is -0.490 e. The van der Waals surface area contributed by atoms with E-state index in [9.17, 15) is 5.11 Å². The molecule has 0 saturated carbocycles. The topological polar surface area (TPSA) is 38.7 Å². The van der Waals surface area contributed by atoms with Crippen molar-refractivity contribution >= 4 is 38.9 Å².